The van der Waals surface area contributed by atoms with Gasteiger partial charge >= 0.3 is 6.09 Å². The molecule has 8 nitrogen and oxygen atoms in total. The first-order valence-corrected chi connectivity index (χ1v) is 16.3. The van der Waals surface area contributed by atoms with E-state index in [-0.39, 0.29) is 35.7 Å². The number of amides is 2. The van der Waals surface area contributed by atoms with Gasteiger partial charge in [0.1, 0.15) is 18.5 Å². The lowest BCUT2D eigenvalue weighted by atomic mass is 9.89. The van der Waals surface area contributed by atoms with Crippen molar-refractivity contribution in [1.29, 1.82) is 0 Å². The molecule has 2 amide bonds. The minimum atomic E-state index is -0.804. The minimum absolute atomic E-state index is 0.0853. The molecule has 4 aromatic rings. The topological polar surface area (TPSA) is 104 Å². The normalized spacial score (nSPS) is 17.5. The van der Waals surface area contributed by atoms with E-state index in [0.29, 0.717) is 29.9 Å². The van der Waals surface area contributed by atoms with Gasteiger partial charge in [-0.3, -0.25) is 9.59 Å². The number of pyridine rings is 1. The van der Waals surface area contributed by atoms with Crippen molar-refractivity contribution < 1.29 is 18.7 Å². The van der Waals surface area contributed by atoms with E-state index in [1.807, 2.05) is 38.1 Å². The highest BCUT2D eigenvalue weighted by Crippen LogP contribution is 2.44. The maximum Gasteiger partial charge on any atom is 0.407 e. The van der Waals surface area contributed by atoms with Crippen molar-refractivity contribution in [3.8, 4) is 11.1 Å². The number of fused-ring (bicyclic) bond motifs is 4. The van der Waals surface area contributed by atoms with Crippen molar-refractivity contribution in [3.05, 3.63) is 123 Å². The molecule has 2 aliphatic heterocycles. The van der Waals surface area contributed by atoms with Crippen LogP contribution in [-0.2, 0) is 21.4 Å². The van der Waals surface area contributed by atoms with Crippen LogP contribution in [0.2, 0.25) is 0 Å². The number of aromatic nitrogens is 1. The van der Waals surface area contributed by atoms with Gasteiger partial charge in [0, 0.05) is 35.6 Å². The monoisotopic (exact) mass is 634 g/mol. The first-order chi connectivity index (χ1) is 22.7. The number of hydrogen-bond donors (Lipinski definition) is 3. The van der Waals surface area contributed by atoms with Gasteiger partial charge in [0.25, 0.3) is 5.56 Å². The van der Waals surface area contributed by atoms with Gasteiger partial charge in [0.15, 0.2) is 0 Å². The molecule has 0 spiro atoms. The molecule has 47 heavy (non-hydrogen) atoms. The number of aromatic amines is 1. The number of piperidine rings is 1. The number of benzene rings is 3. The molecule has 1 fully saturated rings. The van der Waals surface area contributed by atoms with Crippen molar-refractivity contribution in [2.24, 2.45) is 5.92 Å². The van der Waals surface area contributed by atoms with E-state index in [1.54, 1.807) is 23.1 Å². The molecule has 0 unspecified atom stereocenters. The Morgan fingerprint density at radius 2 is 1.62 bits per heavy atom. The van der Waals surface area contributed by atoms with Crippen molar-refractivity contribution in [1.82, 2.24) is 15.6 Å². The van der Waals surface area contributed by atoms with Crippen LogP contribution in [0, 0.1) is 11.7 Å². The number of carbonyl (C=O) groups excluding carboxylic acids is 2. The molecule has 242 valence electrons. The third kappa shape index (κ3) is 5.96. The Morgan fingerprint density at radius 1 is 0.979 bits per heavy atom. The van der Waals surface area contributed by atoms with Gasteiger partial charge in [-0.1, -0.05) is 74.5 Å². The van der Waals surface area contributed by atoms with Gasteiger partial charge in [0.2, 0.25) is 5.91 Å². The van der Waals surface area contributed by atoms with E-state index in [9.17, 15) is 18.8 Å². The SMILES string of the molecule is CC1(C)CN(C(=O)[C@@H](NC(=O)OCC2c3ccccc3-c3ccccc32)C2CCNCC2)c2cc(Cc3ccc(F)cc3)c(=O)[nH]c21. The Kier molecular flexibility index (Phi) is 8.18. The summed E-state index contributed by atoms with van der Waals surface area (Å²) in [5, 5.41) is 6.33. The van der Waals surface area contributed by atoms with Crippen molar-refractivity contribution >= 4 is 17.7 Å². The van der Waals surface area contributed by atoms with Gasteiger partial charge in [-0.2, -0.15) is 0 Å². The van der Waals surface area contributed by atoms with E-state index in [0.717, 1.165) is 53.7 Å². The summed E-state index contributed by atoms with van der Waals surface area (Å²) in [6.45, 7) is 5.99. The zero-order chi connectivity index (χ0) is 32.7. The van der Waals surface area contributed by atoms with Crippen LogP contribution in [-0.4, -0.2) is 49.3 Å². The second kappa shape index (κ2) is 12.4. The summed E-state index contributed by atoms with van der Waals surface area (Å²) < 4.78 is 19.4. The van der Waals surface area contributed by atoms with E-state index in [4.69, 9.17) is 4.74 Å². The Bertz CT molecular complexity index is 1830. The maximum atomic E-state index is 14.5. The standard InChI is InChI=1S/C38H39FN4O4/c1-38(2)22-43(32-20-25(35(44)42-34(32)38)19-23-11-13-26(39)14-12-23)36(45)33(24-15-17-40-18-16-24)41-37(46)47-21-31-29-9-5-3-7-27(29)28-8-4-6-10-30(28)31/h3-14,20,24,31,33,40H,15-19,21-22H2,1-2H3,(H,41,46)(H,42,44)/t33-/m0/s1. The third-order valence-corrected chi connectivity index (χ3v) is 9.93. The van der Waals surface area contributed by atoms with Gasteiger partial charge in [0.05, 0.1) is 5.69 Å². The molecule has 3 heterocycles. The average molecular weight is 635 g/mol. The number of anilines is 1. The fraction of sp³-hybridized carbons (Fsp3) is 0.342. The molecular weight excluding hydrogens is 595 g/mol. The third-order valence-electron chi connectivity index (χ3n) is 9.93. The summed E-state index contributed by atoms with van der Waals surface area (Å²) in [5.41, 5.74) is 6.36. The van der Waals surface area contributed by atoms with Crippen LogP contribution in [0.1, 0.15) is 60.6 Å². The number of alkyl carbamates (subject to hydrolysis) is 1. The van der Waals surface area contributed by atoms with Gasteiger partial charge in [-0.15, -0.1) is 0 Å². The van der Waals surface area contributed by atoms with Crippen molar-refractivity contribution in [3.63, 3.8) is 0 Å². The first-order valence-electron chi connectivity index (χ1n) is 16.3. The number of halogens is 1. The fourth-order valence-corrected chi connectivity index (χ4v) is 7.49. The number of nitrogens with one attached hydrogen (secondary N) is 3. The molecule has 0 saturated carbocycles. The predicted molar refractivity (Wildman–Crippen MR) is 179 cm³/mol. The van der Waals surface area contributed by atoms with Crippen LogP contribution in [0.4, 0.5) is 14.9 Å². The van der Waals surface area contributed by atoms with E-state index < -0.39 is 17.6 Å². The largest absolute Gasteiger partial charge is 0.449 e. The number of nitrogens with zero attached hydrogens (tertiary/aromatic N) is 1. The lowest BCUT2D eigenvalue weighted by Crippen LogP contribution is -2.54. The van der Waals surface area contributed by atoms with Crippen LogP contribution in [0.5, 0.6) is 0 Å². The highest BCUT2D eigenvalue weighted by atomic mass is 19.1. The van der Waals surface area contributed by atoms with E-state index in [1.165, 1.54) is 12.1 Å². The predicted octanol–water partition coefficient (Wildman–Crippen LogP) is 5.64. The van der Waals surface area contributed by atoms with Crippen LogP contribution in [0.25, 0.3) is 11.1 Å². The summed E-state index contributed by atoms with van der Waals surface area (Å²) in [6, 6.07) is 23.4. The highest BCUT2D eigenvalue weighted by Gasteiger charge is 2.44. The summed E-state index contributed by atoms with van der Waals surface area (Å²) >= 11 is 0. The van der Waals surface area contributed by atoms with Crippen LogP contribution in [0.3, 0.4) is 0 Å². The highest BCUT2D eigenvalue weighted by molar-refractivity contribution is 6.01. The lowest BCUT2D eigenvalue weighted by Gasteiger charge is -2.33. The molecule has 3 aliphatic rings. The number of rotatable bonds is 7. The molecule has 3 N–H and O–H groups in total. The second-order valence-corrected chi connectivity index (χ2v) is 13.5. The average Bonchev–Trinajstić information content (AvgIpc) is 3.54. The van der Waals surface area contributed by atoms with Gasteiger partial charge < -0.3 is 25.3 Å². The molecule has 1 atom stereocenters. The van der Waals surface area contributed by atoms with Crippen LogP contribution >= 0.6 is 0 Å². The second-order valence-electron chi connectivity index (χ2n) is 13.5. The summed E-state index contributed by atoms with van der Waals surface area (Å²) in [5.74, 6) is -0.748. The quantitative estimate of drug-likeness (QED) is 0.244. The number of H-pyrrole nitrogens is 1. The molecule has 7 rings (SSSR count). The molecule has 1 aromatic heterocycles. The van der Waals surface area contributed by atoms with Crippen LogP contribution < -0.4 is 21.1 Å². The maximum absolute atomic E-state index is 14.5. The minimum Gasteiger partial charge on any atom is -0.449 e. The summed E-state index contributed by atoms with van der Waals surface area (Å²) in [7, 11) is 0. The number of carbonyl (C=O) groups is 2. The van der Waals surface area contributed by atoms with E-state index in [2.05, 4.69) is 39.9 Å². The Morgan fingerprint density at radius 3 is 2.28 bits per heavy atom. The Hall–Kier alpha value is -4.76. The van der Waals surface area contributed by atoms with Crippen molar-refractivity contribution in [2.45, 2.75) is 50.5 Å². The van der Waals surface area contributed by atoms with E-state index >= 15 is 0 Å². The lowest BCUT2D eigenvalue weighted by molar-refractivity contribution is -0.122. The molecule has 1 aliphatic carbocycles. The van der Waals surface area contributed by atoms with Gasteiger partial charge in [-0.05, 0) is 77.9 Å². The molecule has 0 radical (unpaired) electrons. The number of ether oxygens (including phenoxy) is 1. The Balaban J connectivity index is 1.13. The summed E-state index contributed by atoms with van der Waals surface area (Å²) in [6.07, 6.45) is 1.12. The Labute approximate surface area is 273 Å². The van der Waals surface area contributed by atoms with Gasteiger partial charge in [-0.25, -0.2) is 9.18 Å². The first kappa shape index (κ1) is 30.9. The van der Waals surface area contributed by atoms with Crippen LogP contribution in [0.15, 0.2) is 83.7 Å². The van der Waals surface area contributed by atoms with Crippen molar-refractivity contribution in [2.75, 3.05) is 31.1 Å². The molecule has 0 bridgehead atoms. The zero-order valence-corrected chi connectivity index (χ0v) is 26.6. The zero-order valence-electron chi connectivity index (χ0n) is 26.6. The molecule has 1 saturated heterocycles. The smallest absolute Gasteiger partial charge is 0.407 e. The fourth-order valence-electron chi connectivity index (χ4n) is 7.49. The molecule has 3 aromatic carbocycles. The molecule has 9 heteroatoms. The summed E-state index contributed by atoms with van der Waals surface area (Å²) in [4.78, 5) is 45.9. The molecular formula is C38H39FN4O4. The number of hydrogen-bond acceptors (Lipinski definition) is 5.